The number of hydrogen-bond donors (Lipinski definition) is 0. The van der Waals surface area contributed by atoms with Crippen molar-refractivity contribution in [2.75, 3.05) is 20.2 Å². The topological polar surface area (TPSA) is 29.5 Å². The van der Waals surface area contributed by atoms with Gasteiger partial charge < -0.3 is 4.74 Å². The number of carbonyl (C=O) groups excluding carboxylic acids is 1. The molecule has 0 unspecified atom stereocenters. The van der Waals surface area contributed by atoms with Gasteiger partial charge in [0.2, 0.25) is 0 Å². The summed E-state index contributed by atoms with van der Waals surface area (Å²) < 4.78 is 4.69. The molecule has 112 valence electrons. The lowest BCUT2D eigenvalue weighted by Crippen LogP contribution is -2.43. The molecule has 2 aromatic carbocycles. The molecule has 3 heteroatoms. The summed E-state index contributed by atoms with van der Waals surface area (Å²) in [5, 5.41) is 0. The summed E-state index contributed by atoms with van der Waals surface area (Å²) in [4.78, 5) is 13.7. The van der Waals surface area contributed by atoms with Gasteiger partial charge in [0.25, 0.3) is 0 Å². The molecule has 1 saturated heterocycles. The summed E-state index contributed by atoms with van der Waals surface area (Å²) in [6, 6.07) is 21.2. The fourth-order valence-electron chi connectivity index (χ4n) is 2.86. The minimum absolute atomic E-state index is 0.220. The maximum Gasteiger partial charge on any atom is 0.330 e. The van der Waals surface area contributed by atoms with Gasteiger partial charge in [-0.3, -0.25) is 4.90 Å². The predicted molar refractivity (Wildman–Crippen MR) is 86.4 cm³/mol. The molecule has 0 spiro atoms. The van der Waals surface area contributed by atoms with Crippen molar-refractivity contribution in [3.63, 3.8) is 0 Å². The molecule has 2 aromatic rings. The molecular formula is C19H19NO2. The van der Waals surface area contributed by atoms with Gasteiger partial charge in [-0.15, -0.1) is 0 Å². The standard InChI is InChI=1S/C19H19NO2/c1-22-18(21)12-15-13-20(14-15)19(16-8-4-2-5-9-16)17-10-6-3-7-11-17/h2-12,19H,13-14H2,1H3. The SMILES string of the molecule is COC(=O)C=C1CN(C(c2ccccc2)c2ccccc2)C1. The van der Waals surface area contributed by atoms with Gasteiger partial charge in [0.1, 0.15) is 0 Å². The molecule has 1 aliphatic rings. The minimum Gasteiger partial charge on any atom is -0.466 e. The minimum atomic E-state index is -0.273. The van der Waals surface area contributed by atoms with Crippen LogP contribution >= 0.6 is 0 Å². The van der Waals surface area contributed by atoms with Gasteiger partial charge >= 0.3 is 5.97 Å². The molecular weight excluding hydrogens is 274 g/mol. The van der Waals surface area contributed by atoms with Crippen LogP contribution in [0.5, 0.6) is 0 Å². The van der Waals surface area contributed by atoms with Crippen molar-refractivity contribution < 1.29 is 9.53 Å². The molecule has 1 fully saturated rings. The monoisotopic (exact) mass is 293 g/mol. The van der Waals surface area contributed by atoms with Crippen LogP contribution in [0.15, 0.2) is 72.3 Å². The zero-order chi connectivity index (χ0) is 15.4. The van der Waals surface area contributed by atoms with E-state index in [0.717, 1.165) is 18.7 Å². The lowest BCUT2D eigenvalue weighted by Gasteiger charge is -2.41. The summed E-state index contributed by atoms with van der Waals surface area (Å²) >= 11 is 0. The van der Waals surface area contributed by atoms with Crippen LogP contribution in [0, 0.1) is 0 Å². The third-order valence-electron chi connectivity index (χ3n) is 3.93. The quantitative estimate of drug-likeness (QED) is 0.640. The molecule has 0 saturated carbocycles. The van der Waals surface area contributed by atoms with Crippen LogP contribution in [0.3, 0.4) is 0 Å². The predicted octanol–water partition coefficient (Wildman–Crippen LogP) is 3.19. The molecule has 0 atom stereocenters. The maximum atomic E-state index is 11.3. The summed E-state index contributed by atoms with van der Waals surface area (Å²) in [6.45, 7) is 1.59. The van der Waals surface area contributed by atoms with Gasteiger partial charge in [-0.05, 0) is 16.7 Å². The first-order valence-electron chi connectivity index (χ1n) is 7.39. The summed E-state index contributed by atoms with van der Waals surface area (Å²) in [7, 11) is 1.41. The van der Waals surface area contributed by atoms with Crippen molar-refractivity contribution in [2.24, 2.45) is 0 Å². The van der Waals surface area contributed by atoms with Crippen molar-refractivity contribution in [1.82, 2.24) is 4.90 Å². The van der Waals surface area contributed by atoms with Crippen LogP contribution in [-0.2, 0) is 9.53 Å². The average molecular weight is 293 g/mol. The number of likely N-dealkylation sites (tertiary alicyclic amines) is 1. The lowest BCUT2D eigenvalue weighted by atomic mass is 9.93. The van der Waals surface area contributed by atoms with Gasteiger partial charge in [-0.2, -0.15) is 0 Å². The summed E-state index contributed by atoms with van der Waals surface area (Å²) in [5.41, 5.74) is 3.65. The van der Waals surface area contributed by atoms with Crippen LogP contribution in [0.1, 0.15) is 17.2 Å². The second kappa shape index (κ2) is 6.58. The van der Waals surface area contributed by atoms with E-state index in [-0.39, 0.29) is 12.0 Å². The van der Waals surface area contributed by atoms with E-state index in [1.807, 2.05) is 12.1 Å². The van der Waals surface area contributed by atoms with E-state index >= 15 is 0 Å². The molecule has 1 heterocycles. The summed E-state index contributed by atoms with van der Waals surface area (Å²) in [6.07, 6.45) is 1.60. The van der Waals surface area contributed by atoms with Crippen LogP contribution in [0.25, 0.3) is 0 Å². The Hall–Kier alpha value is -2.39. The Morgan fingerprint density at radius 1 is 1.00 bits per heavy atom. The van der Waals surface area contributed by atoms with E-state index in [2.05, 4.69) is 58.2 Å². The zero-order valence-corrected chi connectivity index (χ0v) is 12.6. The third kappa shape index (κ3) is 3.10. The van der Waals surface area contributed by atoms with E-state index in [1.165, 1.54) is 18.2 Å². The van der Waals surface area contributed by atoms with Crippen LogP contribution in [0.2, 0.25) is 0 Å². The fourth-order valence-corrected chi connectivity index (χ4v) is 2.86. The molecule has 22 heavy (non-hydrogen) atoms. The maximum absolute atomic E-state index is 11.3. The largest absolute Gasteiger partial charge is 0.466 e. The Balaban J connectivity index is 1.83. The van der Waals surface area contributed by atoms with E-state index < -0.39 is 0 Å². The molecule has 0 radical (unpaired) electrons. The highest BCUT2D eigenvalue weighted by Crippen LogP contribution is 2.33. The molecule has 0 aromatic heterocycles. The highest BCUT2D eigenvalue weighted by molar-refractivity contribution is 5.83. The van der Waals surface area contributed by atoms with Gasteiger partial charge in [-0.25, -0.2) is 4.79 Å². The Morgan fingerprint density at radius 2 is 1.50 bits per heavy atom. The van der Waals surface area contributed by atoms with Crippen molar-refractivity contribution in [3.8, 4) is 0 Å². The number of hydrogen-bond acceptors (Lipinski definition) is 3. The number of nitrogens with zero attached hydrogens (tertiary/aromatic N) is 1. The van der Waals surface area contributed by atoms with Crippen molar-refractivity contribution in [3.05, 3.63) is 83.4 Å². The van der Waals surface area contributed by atoms with Gasteiger partial charge in [0, 0.05) is 19.2 Å². The second-order valence-electron chi connectivity index (χ2n) is 5.45. The molecule has 3 rings (SSSR count). The first-order chi connectivity index (χ1) is 10.8. The lowest BCUT2D eigenvalue weighted by molar-refractivity contribution is -0.135. The molecule has 0 N–H and O–H groups in total. The second-order valence-corrected chi connectivity index (χ2v) is 5.45. The number of benzene rings is 2. The third-order valence-corrected chi connectivity index (χ3v) is 3.93. The molecule has 1 aliphatic heterocycles. The van der Waals surface area contributed by atoms with E-state index in [0.29, 0.717) is 0 Å². The van der Waals surface area contributed by atoms with Crippen molar-refractivity contribution in [2.45, 2.75) is 6.04 Å². The van der Waals surface area contributed by atoms with E-state index in [9.17, 15) is 4.79 Å². The molecule has 3 nitrogen and oxygen atoms in total. The Kier molecular flexibility index (Phi) is 4.35. The molecule has 0 aliphatic carbocycles. The van der Waals surface area contributed by atoms with Crippen LogP contribution in [0.4, 0.5) is 0 Å². The fraction of sp³-hybridized carbons (Fsp3) is 0.211. The van der Waals surface area contributed by atoms with Gasteiger partial charge in [0.15, 0.2) is 0 Å². The van der Waals surface area contributed by atoms with E-state index in [1.54, 1.807) is 6.08 Å². The highest BCUT2D eigenvalue weighted by atomic mass is 16.5. The zero-order valence-electron chi connectivity index (χ0n) is 12.6. The summed E-state index contributed by atoms with van der Waals surface area (Å²) in [5.74, 6) is -0.273. The van der Waals surface area contributed by atoms with Crippen LogP contribution < -0.4 is 0 Å². The average Bonchev–Trinajstić information content (AvgIpc) is 2.54. The number of methoxy groups -OCH3 is 1. The van der Waals surface area contributed by atoms with Crippen molar-refractivity contribution in [1.29, 1.82) is 0 Å². The smallest absolute Gasteiger partial charge is 0.330 e. The Bertz CT molecular complexity index is 617. The molecule has 0 amide bonds. The normalized spacial score (nSPS) is 14.5. The Labute approximate surface area is 130 Å². The number of carbonyl (C=O) groups is 1. The first kappa shape index (κ1) is 14.5. The Morgan fingerprint density at radius 3 is 1.95 bits per heavy atom. The first-order valence-corrected chi connectivity index (χ1v) is 7.39. The number of rotatable bonds is 4. The van der Waals surface area contributed by atoms with Crippen LogP contribution in [-0.4, -0.2) is 31.1 Å². The molecule has 0 bridgehead atoms. The number of ether oxygens (including phenoxy) is 1. The highest BCUT2D eigenvalue weighted by Gasteiger charge is 2.30. The van der Waals surface area contributed by atoms with Crippen molar-refractivity contribution >= 4 is 5.97 Å². The van der Waals surface area contributed by atoms with Gasteiger partial charge in [-0.1, -0.05) is 60.7 Å². The van der Waals surface area contributed by atoms with E-state index in [4.69, 9.17) is 0 Å². The van der Waals surface area contributed by atoms with Gasteiger partial charge in [0.05, 0.1) is 13.2 Å². The number of esters is 1.